The van der Waals surface area contributed by atoms with Gasteiger partial charge in [0.05, 0.1) is 18.3 Å². The Labute approximate surface area is 130 Å². The van der Waals surface area contributed by atoms with Crippen LogP contribution in [-0.2, 0) is 17.8 Å². The van der Waals surface area contributed by atoms with Crippen LogP contribution in [0.15, 0.2) is 42.7 Å². The quantitative estimate of drug-likeness (QED) is 0.850. The molecule has 0 unspecified atom stereocenters. The smallest absolute Gasteiger partial charge is 0.0815 e. The van der Waals surface area contributed by atoms with Crippen molar-refractivity contribution in [2.45, 2.75) is 31.5 Å². The Bertz CT molecular complexity index is 577. The maximum atomic E-state index is 10.4. The largest absolute Gasteiger partial charge is 0.388 e. The number of aliphatic hydroxyl groups is 1. The standard InChI is InChI=1S/C17H23N3O2/c21-17(6-8-22-9-7-17)14-18-10-16-11-19-20(13-16)12-15-4-2-1-3-5-15/h1-5,11,13,18,21H,6-10,12,14H2. The van der Waals surface area contributed by atoms with Crippen molar-refractivity contribution >= 4 is 0 Å². The fraction of sp³-hybridized carbons (Fsp3) is 0.471. The van der Waals surface area contributed by atoms with E-state index >= 15 is 0 Å². The summed E-state index contributed by atoms with van der Waals surface area (Å²) in [6.07, 6.45) is 5.33. The van der Waals surface area contributed by atoms with Crippen LogP contribution >= 0.6 is 0 Å². The molecule has 2 heterocycles. The van der Waals surface area contributed by atoms with E-state index in [1.54, 1.807) is 0 Å². The normalized spacial score (nSPS) is 17.5. The first-order valence-corrected chi connectivity index (χ1v) is 7.80. The van der Waals surface area contributed by atoms with E-state index in [1.165, 1.54) is 5.56 Å². The Balaban J connectivity index is 1.47. The molecule has 22 heavy (non-hydrogen) atoms. The lowest BCUT2D eigenvalue weighted by Gasteiger charge is -2.32. The van der Waals surface area contributed by atoms with E-state index in [0.717, 1.165) is 18.7 Å². The molecule has 1 saturated heterocycles. The molecule has 118 valence electrons. The summed E-state index contributed by atoms with van der Waals surface area (Å²) in [6, 6.07) is 10.3. The molecule has 1 fully saturated rings. The maximum absolute atomic E-state index is 10.4. The van der Waals surface area contributed by atoms with Crippen molar-refractivity contribution in [3.8, 4) is 0 Å². The predicted octanol–water partition coefficient (Wildman–Crippen LogP) is 1.56. The summed E-state index contributed by atoms with van der Waals surface area (Å²) in [6.45, 7) is 3.39. The third kappa shape index (κ3) is 4.16. The third-order valence-electron chi connectivity index (χ3n) is 4.08. The second-order valence-electron chi connectivity index (χ2n) is 5.97. The van der Waals surface area contributed by atoms with Crippen LogP contribution in [0.3, 0.4) is 0 Å². The SMILES string of the molecule is OC1(CNCc2cnn(Cc3ccccc3)c2)CCOCC1. The van der Waals surface area contributed by atoms with Crippen molar-refractivity contribution in [1.29, 1.82) is 0 Å². The zero-order chi connectivity index (χ0) is 15.3. The van der Waals surface area contributed by atoms with E-state index in [9.17, 15) is 5.11 Å². The number of aromatic nitrogens is 2. The van der Waals surface area contributed by atoms with E-state index in [4.69, 9.17) is 4.74 Å². The van der Waals surface area contributed by atoms with Gasteiger partial charge in [-0.1, -0.05) is 30.3 Å². The van der Waals surface area contributed by atoms with Crippen LogP contribution in [0, 0.1) is 0 Å². The van der Waals surface area contributed by atoms with Crippen molar-refractivity contribution < 1.29 is 9.84 Å². The molecule has 0 aliphatic carbocycles. The summed E-state index contributed by atoms with van der Waals surface area (Å²) in [5.41, 5.74) is 1.74. The average Bonchev–Trinajstić information content (AvgIpc) is 2.96. The van der Waals surface area contributed by atoms with Crippen LogP contribution in [0.5, 0.6) is 0 Å². The molecule has 5 nitrogen and oxygen atoms in total. The van der Waals surface area contributed by atoms with Gasteiger partial charge in [-0.25, -0.2) is 0 Å². The van der Waals surface area contributed by atoms with Crippen LogP contribution in [0.25, 0.3) is 0 Å². The first-order valence-electron chi connectivity index (χ1n) is 7.80. The Kier molecular flexibility index (Phi) is 4.87. The number of nitrogens with one attached hydrogen (secondary N) is 1. The highest BCUT2D eigenvalue weighted by Gasteiger charge is 2.29. The Morgan fingerprint density at radius 3 is 2.73 bits per heavy atom. The van der Waals surface area contributed by atoms with E-state index in [2.05, 4.69) is 22.5 Å². The van der Waals surface area contributed by atoms with E-state index in [0.29, 0.717) is 32.6 Å². The lowest BCUT2D eigenvalue weighted by atomic mass is 9.94. The van der Waals surface area contributed by atoms with Crippen molar-refractivity contribution in [3.63, 3.8) is 0 Å². The van der Waals surface area contributed by atoms with Gasteiger partial charge in [-0.15, -0.1) is 0 Å². The van der Waals surface area contributed by atoms with E-state index in [-0.39, 0.29) is 0 Å². The molecule has 5 heteroatoms. The fourth-order valence-corrected chi connectivity index (χ4v) is 2.72. The summed E-state index contributed by atoms with van der Waals surface area (Å²) in [5.74, 6) is 0. The molecule has 0 radical (unpaired) electrons. The molecule has 0 saturated carbocycles. The second-order valence-corrected chi connectivity index (χ2v) is 5.97. The van der Waals surface area contributed by atoms with Crippen molar-refractivity contribution in [3.05, 3.63) is 53.9 Å². The minimum absolute atomic E-state index is 0.597. The molecule has 0 atom stereocenters. The van der Waals surface area contributed by atoms with Crippen molar-refractivity contribution in [2.24, 2.45) is 0 Å². The van der Waals surface area contributed by atoms with Crippen LogP contribution in [-0.4, -0.2) is 40.2 Å². The highest BCUT2D eigenvalue weighted by atomic mass is 16.5. The van der Waals surface area contributed by atoms with Crippen molar-refractivity contribution in [1.82, 2.24) is 15.1 Å². The average molecular weight is 301 g/mol. The molecule has 1 aromatic carbocycles. The third-order valence-corrected chi connectivity index (χ3v) is 4.08. The summed E-state index contributed by atoms with van der Waals surface area (Å²) in [4.78, 5) is 0. The Morgan fingerprint density at radius 1 is 1.18 bits per heavy atom. The van der Waals surface area contributed by atoms with Crippen molar-refractivity contribution in [2.75, 3.05) is 19.8 Å². The first kappa shape index (κ1) is 15.2. The minimum atomic E-state index is -0.627. The van der Waals surface area contributed by atoms with E-state index < -0.39 is 5.60 Å². The van der Waals surface area contributed by atoms with Gasteiger partial charge in [0, 0.05) is 50.9 Å². The molecule has 1 aliphatic heterocycles. The van der Waals surface area contributed by atoms with Crippen LogP contribution in [0.2, 0.25) is 0 Å². The number of hydrogen-bond acceptors (Lipinski definition) is 4. The lowest BCUT2D eigenvalue weighted by molar-refractivity contribution is -0.0617. The van der Waals surface area contributed by atoms with E-state index in [1.807, 2.05) is 35.3 Å². The van der Waals surface area contributed by atoms with Gasteiger partial charge in [0.2, 0.25) is 0 Å². The van der Waals surface area contributed by atoms with Gasteiger partial charge in [-0.05, 0) is 5.56 Å². The zero-order valence-corrected chi connectivity index (χ0v) is 12.7. The van der Waals surface area contributed by atoms with Crippen LogP contribution < -0.4 is 5.32 Å². The van der Waals surface area contributed by atoms with Gasteiger partial charge in [0.25, 0.3) is 0 Å². The monoisotopic (exact) mass is 301 g/mol. The summed E-state index contributed by atoms with van der Waals surface area (Å²) in [5, 5.41) is 18.1. The predicted molar refractivity (Wildman–Crippen MR) is 84.5 cm³/mol. The highest BCUT2D eigenvalue weighted by Crippen LogP contribution is 2.19. The molecule has 3 rings (SSSR count). The van der Waals surface area contributed by atoms with Gasteiger partial charge in [-0.3, -0.25) is 4.68 Å². The van der Waals surface area contributed by atoms with Gasteiger partial charge in [0.15, 0.2) is 0 Å². The number of ether oxygens (including phenoxy) is 1. The molecular weight excluding hydrogens is 278 g/mol. The van der Waals surface area contributed by atoms with Gasteiger partial charge in [0.1, 0.15) is 0 Å². The van der Waals surface area contributed by atoms with Gasteiger partial charge in [-0.2, -0.15) is 5.10 Å². The number of benzene rings is 1. The van der Waals surface area contributed by atoms with Gasteiger partial charge >= 0.3 is 0 Å². The van der Waals surface area contributed by atoms with Gasteiger partial charge < -0.3 is 15.2 Å². The second kappa shape index (κ2) is 7.05. The Morgan fingerprint density at radius 2 is 1.95 bits per heavy atom. The van der Waals surface area contributed by atoms with Crippen LogP contribution in [0.1, 0.15) is 24.0 Å². The maximum Gasteiger partial charge on any atom is 0.0815 e. The number of hydrogen-bond donors (Lipinski definition) is 2. The van der Waals surface area contributed by atoms with Crippen LogP contribution in [0.4, 0.5) is 0 Å². The summed E-state index contributed by atoms with van der Waals surface area (Å²) >= 11 is 0. The number of rotatable bonds is 6. The highest BCUT2D eigenvalue weighted by molar-refractivity contribution is 5.15. The first-order chi connectivity index (χ1) is 10.7. The topological polar surface area (TPSA) is 59.3 Å². The molecular formula is C17H23N3O2. The lowest BCUT2D eigenvalue weighted by Crippen LogP contribution is -2.44. The fourth-order valence-electron chi connectivity index (χ4n) is 2.72. The molecule has 0 bridgehead atoms. The Hall–Kier alpha value is -1.69. The molecule has 2 aromatic rings. The molecule has 0 spiro atoms. The molecule has 1 aromatic heterocycles. The summed E-state index contributed by atoms with van der Waals surface area (Å²) < 4.78 is 7.23. The molecule has 0 amide bonds. The summed E-state index contributed by atoms with van der Waals surface area (Å²) in [7, 11) is 0. The minimum Gasteiger partial charge on any atom is -0.388 e. The molecule has 2 N–H and O–H groups in total. The zero-order valence-electron chi connectivity index (χ0n) is 12.7. The molecule has 1 aliphatic rings. The number of nitrogens with zero attached hydrogens (tertiary/aromatic N) is 2.